The molecule has 3 saturated carbocycles. The SMILES string of the molecule is [B][C@@]12CCCC1C1CCC3=CC(=C)CC[C@]3(C=C)[C@@]1(CO)CC2. The van der Waals surface area contributed by atoms with Crippen molar-refractivity contribution in [1.82, 2.24) is 0 Å². The normalized spacial score (nSPS) is 48.9. The first-order valence-electron chi connectivity index (χ1n) is 9.43. The summed E-state index contributed by atoms with van der Waals surface area (Å²) in [6, 6.07) is 0. The molecule has 4 rings (SSSR count). The van der Waals surface area contributed by atoms with E-state index in [0.29, 0.717) is 11.8 Å². The Balaban J connectivity index is 1.84. The van der Waals surface area contributed by atoms with Gasteiger partial charge < -0.3 is 5.11 Å². The van der Waals surface area contributed by atoms with Gasteiger partial charge in [0.05, 0.1) is 14.5 Å². The van der Waals surface area contributed by atoms with E-state index in [0.717, 1.165) is 32.1 Å². The summed E-state index contributed by atoms with van der Waals surface area (Å²) >= 11 is 0. The molecule has 0 spiro atoms. The van der Waals surface area contributed by atoms with Crippen LogP contribution in [0.2, 0.25) is 5.31 Å². The smallest absolute Gasteiger partial charge is 0.0750 e. The molecule has 2 heteroatoms. The molecule has 0 saturated heterocycles. The van der Waals surface area contributed by atoms with Crippen molar-refractivity contribution >= 4 is 7.85 Å². The van der Waals surface area contributed by atoms with Crippen molar-refractivity contribution in [1.29, 1.82) is 0 Å². The van der Waals surface area contributed by atoms with Gasteiger partial charge in [-0.25, -0.2) is 0 Å². The quantitative estimate of drug-likeness (QED) is 0.577. The third-order valence-corrected chi connectivity index (χ3v) is 8.16. The standard InChI is InChI=1S/C21H29BO/c1-3-19-10-8-15(2)13-16(19)6-7-17-18-5-4-9-21(18,22)12-11-20(17,19)14-23/h3,13,17-18,23H,1-2,4-12,14H2/t17?,18?,19-,20+,21+/m0/s1. The van der Waals surface area contributed by atoms with Crippen LogP contribution in [0.3, 0.4) is 0 Å². The van der Waals surface area contributed by atoms with Gasteiger partial charge in [0.1, 0.15) is 0 Å². The Morgan fingerprint density at radius 3 is 2.74 bits per heavy atom. The Morgan fingerprint density at radius 1 is 1.17 bits per heavy atom. The molecule has 122 valence electrons. The summed E-state index contributed by atoms with van der Waals surface area (Å²) < 4.78 is 0. The predicted molar refractivity (Wildman–Crippen MR) is 96.4 cm³/mol. The third kappa shape index (κ3) is 1.85. The fourth-order valence-corrected chi connectivity index (χ4v) is 7.01. The van der Waals surface area contributed by atoms with Crippen molar-refractivity contribution in [3.63, 3.8) is 0 Å². The molecule has 23 heavy (non-hydrogen) atoms. The number of aliphatic hydroxyl groups is 1. The Hall–Kier alpha value is -0.755. The van der Waals surface area contributed by atoms with Gasteiger partial charge in [0.15, 0.2) is 0 Å². The van der Waals surface area contributed by atoms with Gasteiger partial charge in [-0.05, 0) is 43.9 Å². The third-order valence-electron chi connectivity index (χ3n) is 8.16. The fraction of sp³-hybridized carbons (Fsp3) is 0.714. The molecule has 2 radical (unpaired) electrons. The minimum absolute atomic E-state index is 0.0320. The van der Waals surface area contributed by atoms with Crippen molar-refractivity contribution in [2.24, 2.45) is 22.7 Å². The summed E-state index contributed by atoms with van der Waals surface area (Å²) in [5.74, 6) is 1.14. The first kappa shape index (κ1) is 15.8. The maximum absolute atomic E-state index is 10.6. The van der Waals surface area contributed by atoms with Crippen molar-refractivity contribution in [2.75, 3.05) is 6.61 Å². The maximum Gasteiger partial charge on any atom is 0.0750 e. The Bertz CT molecular complexity index is 578. The van der Waals surface area contributed by atoms with E-state index in [9.17, 15) is 5.11 Å². The molecule has 0 heterocycles. The molecule has 1 N–H and O–H groups in total. The van der Waals surface area contributed by atoms with Crippen molar-refractivity contribution in [3.8, 4) is 0 Å². The van der Waals surface area contributed by atoms with Crippen LogP contribution in [-0.2, 0) is 0 Å². The van der Waals surface area contributed by atoms with E-state index < -0.39 is 0 Å². The number of fused-ring (bicyclic) bond motifs is 5. The monoisotopic (exact) mass is 308 g/mol. The van der Waals surface area contributed by atoms with Gasteiger partial charge in [0.2, 0.25) is 0 Å². The van der Waals surface area contributed by atoms with Crippen LogP contribution in [0, 0.1) is 22.7 Å². The predicted octanol–water partition coefficient (Wildman–Crippen LogP) is 4.75. The molecule has 2 unspecified atom stereocenters. The van der Waals surface area contributed by atoms with E-state index in [1.807, 2.05) is 0 Å². The molecule has 0 amide bonds. The number of aliphatic hydroxyl groups excluding tert-OH is 1. The van der Waals surface area contributed by atoms with E-state index in [-0.39, 0.29) is 22.8 Å². The average molecular weight is 308 g/mol. The molecule has 4 aliphatic carbocycles. The lowest BCUT2D eigenvalue weighted by Crippen LogP contribution is -2.58. The molecular formula is C21H29BO. The van der Waals surface area contributed by atoms with Crippen LogP contribution in [0.1, 0.15) is 57.8 Å². The molecule has 1 nitrogen and oxygen atoms in total. The zero-order valence-corrected chi connectivity index (χ0v) is 14.3. The average Bonchev–Trinajstić information content (AvgIpc) is 2.95. The Morgan fingerprint density at radius 2 is 2.00 bits per heavy atom. The van der Waals surface area contributed by atoms with Crippen LogP contribution in [0.25, 0.3) is 0 Å². The van der Waals surface area contributed by atoms with Gasteiger partial charge in [0, 0.05) is 10.8 Å². The van der Waals surface area contributed by atoms with Gasteiger partial charge in [0.25, 0.3) is 0 Å². The molecule has 0 aromatic heterocycles. The van der Waals surface area contributed by atoms with Crippen LogP contribution in [0.15, 0.2) is 36.5 Å². The van der Waals surface area contributed by atoms with Gasteiger partial charge in [-0.1, -0.05) is 60.9 Å². The van der Waals surface area contributed by atoms with Crippen molar-refractivity contribution in [3.05, 3.63) is 36.5 Å². The lowest BCUT2D eigenvalue weighted by Gasteiger charge is -2.65. The zero-order chi connectivity index (χ0) is 16.3. The lowest BCUT2D eigenvalue weighted by molar-refractivity contribution is -0.108. The summed E-state index contributed by atoms with van der Waals surface area (Å²) in [6.45, 7) is 8.73. The number of rotatable bonds is 2. The molecular weight excluding hydrogens is 279 g/mol. The second-order valence-corrected chi connectivity index (χ2v) is 8.69. The van der Waals surface area contributed by atoms with Gasteiger partial charge >= 0.3 is 0 Å². The van der Waals surface area contributed by atoms with Gasteiger partial charge in [-0.2, -0.15) is 0 Å². The number of allylic oxidation sites excluding steroid dienone is 4. The Kier molecular flexibility index (Phi) is 3.51. The number of hydrogen-bond acceptors (Lipinski definition) is 1. The largest absolute Gasteiger partial charge is 0.396 e. The summed E-state index contributed by atoms with van der Waals surface area (Å²) in [5.41, 5.74) is 2.65. The maximum atomic E-state index is 10.6. The molecule has 5 atom stereocenters. The van der Waals surface area contributed by atoms with Gasteiger partial charge in [-0.15, -0.1) is 6.58 Å². The van der Waals surface area contributed by atoms with Crippen LogP contribution < -0.4 is 0 Å². The molecule has 3 fully saturated rings. The summed E-state index contributed by atoms with van der Waals surface area (Å²) in [7, 11) is 6.82. The fourth-order valence-electron chi connectivity index (χ4n) is 7.01. The van der Waals surface area contributed by atoms with Crippen LogP contribution >= 0.6 is 0 Å². The first-order chi connectivity index (χ1) is 11.0. The number of hydrogen-bond donors (Lipinski definition) is 1. The summed E-state index contributed by atoms with van der Waals surface area (Å²) in [5, 5.41) is 10.7. The second kappa shape index (κ2) is 5.12. The highest BCUT2D eigenvalue weighted by atomic mass is 16.3. The van der Waals surface area contributed by atoms with E-state index in [2.05, 4.69) is 25.3 Å². The summed E-state index contributed by atoms with van der Waals surface area (Å²) in [4.78, 5) is 0. The minimum Gasteiger partial charge on any atom is -0.396 e. The van der Waals surface area contributed by atoms with E-state index >= 15 is 0 Å². The summed E-state index contributed by atoms with van der Waals surface area (Å²) in [6.07, 6.45) is 14.7. The van der Waals surface area contributed by atoms with Crippen molar-refractivity contribution < 1.29 is 5.11 Å². The highest BCUT2D eigenvalue weighted by Gasteiger charge is 2.64. The highest BCUT2D eigenvalue weighted by Crippen LogP contribution is 2.72. The van der Waals surface area contributed by atoms with E-state index in [1.165, 1.54) is 36.8 Å². The van der Waals surface area contributed by atoms with Crippen LogP contribution in [0.4, 0.5) is 0 Å². The molecule has 0 bridgehead atoms. The van der Waals surface area contributed by atoms with Crippen molar-refractivity contribution in [2.45, 2.75) is 63.1 Å². The minimum atomic E-state index is -0.0442. The van der Waals surface area contributed by atoms with E-state index in [4.69, 9.17) is 7.85 Å². The lowest BCUT2D eigenvalue weighted by atomic mass is 9.37. The molecule has 0 aromatic rings. The van der Waals surface area contributed by atoms with Crippen LogP contribution in [-0.4, -0.2) is 19.6 Å². The molecule has 4 aliphatic rings. The Labute approximate surface area is 142 Å². The topological polar surface area (TPSA) is 20.2 Å². The second-order valence-electron chi connectivity index (χ2n) is 8.69. The zero-order valence-electron chi connectivity index (χ0n) is 14.3. The molecule has 0 aliphatic heterocycles. The highest BCUT2D eigenvalue weighted by molar-refractivity contribution is 6.15. The van der Waals surface area contributed by atoms with Gasteiger partial charge in [-0.3, -0.25) is 0 Å². The van der Waals surface area contributed by atoms with Crippen LogP contribution in [0.5, 0.6) is 0 Å². The molecule has 0 aromatic carbocycles. The first-order valence-corrected chi connectivity index (χ1v) is 9.43. The van der Waals surface area contributed by atoms with E-state index in [1.54, 1.807) is 0 Å².